The molecule has 1 atom stereocenters. The van der Waals surface area contributed by atoms with Crippen molar-refractivity contribution < 1.29 is 4.79 Å². The lowest BCUT2D eigenvalue weighted by Gasteiger charge is -2.31. The number of carbonyl (C=O) groups is 1. The molecule has 1 unspecified atom stereocenters. The van der Waals surface area contributed by atoms with Gasteiger partial charge in [-0.3, -0.25) is 9.69 Å². The summed E-state index contributed by atoms with van der Waals surface area (Å²) in [4.78, 5) is 14.4. The average molecular weight is 239 g/mol. The van der Waals surface area contributed by atoms with Gasteiger partial charge in [0.05, 0.1) is 0 Å². The van der Waals surface area contributed by atoms with E-state index in [1.807, 2.05) is 20.8 Å². The molecule has 0 spiro atoms. The van der Waals surface area contributed by atoms with E-state index in [2.05, 4.69) is 25.7 Å². The number of carbonyl (C=O) groups excluding carboxylic acids is 1. The number of Topliss-reactive ketones (excluding diaryl/α,β-unsaturated/α-hetero) is 1. The second-order valence-corrected chi connectivity index (χ2v) is 7.48. The van der Waals surface area contributed by atoms with E-state index in [0.717, 1.165) is 18.8 Å². The fraction of sp³-hybridized carbons (Fsp3) is 0.933. The van der Waals surface area contributed by atoms with E-state index in [-0.39, 0.29) is 11.0 Å². The lowest BCUT2D eigenvalue weighted by molar-refractivity contribution is -0.126. The van der Waals surface area contributed by atoms with Gasteiger partial charge in [0.25, 0.3) is 0 Å². The summed E-state index contributed by atoms with van der Waals surface area (Å²) in [5.74, 6) is 1.13. The quantitative estimate of drug-likeness (QED) is 0.751. The van der Waals surface area contributed by atoms with Gasteiger partial charge in [-0.25, -0.2) is 0 Å². The largest absolute Gasteiger partial charge is 0.299 e. The zero-order chi connectivity index (χ0) is 13.3. The molecule has 1 saturated heterocycles. The summed E-state index contributed by atoms with van der Waals surface area (Å²) in [6, 6.07) is 0. The second kappa shape index (κ2) is 5.09. The predicted octanol–water partition coefficient (Wildman–Crippen LogP) is 3.50. The third-order valence-corrected chi connectivity index (χ3v) is 3.85. The molecule has 2 nitrogen and oxygen atoms in total. The molecule has 17 heavy (non-hydrogen) atoms. The van der Waals surface area contributed by atoms with Crippen LogP contribution in [0.15, 0.2) is 0 Å². The van der Waals surface area contributed by atoms with Crippen LogP contribution in [-0.4, -0.2) is 29.3 Å². The Bertz CT molecular complexity index is 270. The Morgan fingerprint density at radius 3 is 2.18 bits per heavy atom. The number of hydrogen-bond donors (Lipinski definition) is 0. The zero-order valence-electron chi connectivity index (χ0n) is 12.5. The smallest absolute Gasteiger partial charge is 0.138 e. The first-order chi connectivity index (χ1) is 7.60. The van der Waals surface area contributed by atoms with Crippen LogP contribution in [0.1, 0.15) is 60.8 Å². The molecule has 1 rings (SSSR count). The summed E-state index contributed by atoms with van der Waals surface area (Å²) in [5.41, 5.74) is 0.116. The zero-order valence-corrected chi connectivity index (χ0v) is 12.5. The Kier molecular flexibility index (Phi) is 4.40. The topological polar surface area (TPSA) is 20.3 Å². The van der Waals surface area contributed by atoms with Crippen LogP contribution in [0.4, 0.5) is 0 Å². The Morgan fingerprint density at radius 1 is 1.18 bits per heavy atom. The highest BCUT2D eigenvalue weighted by Gasteiger charge is 2.31. The minimum atomic E-state index is -0.164. The maximum atomic E-state index is 11.9. The highest BCUT2D eigenvalue weighted by atomic mass is 16.1. The van der Waals surface area contributed by atoms with Crippen LogP contribution in [0.25, 0.3) is 0 Å². The molecule has 1 heterocycles. The van der Waals surface area contributed by atoms with Crippen molar-refractivity contribution in [2.45, 2.75) is 66.3 Å². The SMILES string of the molecule is CC(C)(C)C(=O)CCC1CCN(C(C)(C)C)C1. The Morgan fingerprint density at radius 2 is 1.76 bits per heavy atom. The molecule has 1 aliphatic heterocycles. The van der Waals surface area contributed by atoms with Crippen molar-refractivity contribution in [1.82, 2.24) is 4.90 Å². The maximum Gasteiger partial charge on any atom is 0.138 e. The van der Waals surface area contributed by atoms with E-state index in [1.165, 1.54) is 19.5 Å². The molecule has 100 valence electrons. The molecule has 0 aliphatic carbocycles. The van der Waals surface area contributed by atoms with Gasteiger partial charge in [-0.1, -0.05) is 20.8 Å². The minimum absolute atomic E-state index is 0.164. The summed E-state index contributed by atoms with van der Waals surface area (Å²) < 4.78 is 0. The van der Waals surface area contributed by atoms with E-state index >= 15 is 0 Å². The van der Waals surface area contributed by atoms with E-state index in [4.69, 9.17) is 0 Å². The van der Waals surface area contributed by atoms with Crippen molar-refractivity contribution in [2.24, 2.45) is 11.3 Å². The summed E-state index contributed by atoms with van der Waals surface area (Å²) >= 11 is 0. The van der Waals surface area contributed by atoms with Gasteiger partial charge in [-0.15, -0.1) is 0 Å². The summed E-state index contributed by atoms with van der Waals surface area (Å²) in [7, 11) is 0. The molecule has 0 N–H and O–H groups in total. The van der Waals surface area contributed by atoms with Gasteiger partial charge in [0.2, 0.25) is 0 Å². The third-order valence-electron chi connectivity index (χ3n) is 3.85. The molecule has 0 saturated carbocycles. The van der Waals surface area contributed by atoms with Gasteiger partial charge in [0, 0.05) is 23.9 Å². The molecule has 0 aromatic heterocycles. The fourth-order valence-corrected chi connectivity index (χ4v) is 2.39. The van der Waals surface area contributed by atoms with Crippen LogP contribution in [0.2, 0.25) is 0 Å². The summed E-state index contributed by atoms with van der Waals surface area (Å²) in [6.45, 7) is 15.2. The third kappa shape index (κ3) is 4.42. The van der Waals surface area contributed by atoms with Crippen molar-refractivity contribution in [3.8, 4) is 0 Å². The summed E-state index contributed by atoms with van der Waals surface area (Å²) in [5, 5.41) is 0. The van der Waals surface area contributed by atoms with Gasteiger partial charge in [-0.2, -0.15) is 0 Å². The van der Waals surface area contributed by atoms with Crippen molar-refractivity contribution in [1.29, 1.82) is 0 Å². The van der Waals surface area contributed by atoms with E-state index < -0.39 is 0 Å². The van der Waals surface area contributed by atoms with Gasteiger partial charge in [0.15, 0.2) is 0 Å². The van der Waals surface area contributed by atoms with Crippen LogP contribution in [0, 0.1) is 11.3 Å². The molecule has 1 fully saturated rings. The first kappa shape index (κ1) is 14.7. The van der Waals surface area contributed by atoms with Crippen molar-refractivity contribution in [2.75, 3.05) is 13.1 Å². The Labute approximate surface area is 107 Å². The van der Waals surface area contributed by atoms with Crippen LogP contribution >= 0.6 is 0 Å². The molecule has 0 radical (unpaired) electrons. The fourth-order valence-electron chi connectivity index (χ4n) is 2.39. The van der Waals surface area contributed by atoms with E-state index in [0.29, 0.717) is 5.78 Å². The second-order valence-electron chi connectivity index (χ2n) is 7.48. The summed E-state index contributed by atoms with van der Waals surface area (Å²) in [6.07, 6.45) is 3.09. The van der Waals surface area contributed by atoms with Crippen LogP contribution in [-0.2, 0) is 4.79 Å². The van der Waals surface area contributed by atoms with E-state index in [9.17, 15) is 4.79 Å². The highest BCUT2D eigenvalue weighted by Crippen LogP contribution is 2.28. The number of likely N-dealkylation sites (tertiary alicyclic amines) is 1. The molecule has 2 heteroatoms. The van der Waals surface area contributed by atoms with Crippen molar-refractivity contribution in [3.05, 3.63) is 0 Å². The number of hydrogen-bond acceptors (Lipinski definition) is 2. The van der Waals surface area contributed by atoms with Crippen LogP contribution in [0.3, 0.4) is 0 Å². The van der Waals surface area contributed by atoms with Gasteiger partial charge in [-0.05, 0) is 46.1 Å². The van der Waals surface area contributed by atoms with E-state index in [1.54, 1.807) is 0 Å². The number of rotatable bonds is 3. The van der Waals surface area contributed by atoms with Crippen molar-refractivity contribution >= 4 is 5.78 Å². The monoisotopic (exact) mass is 239 g/mol. The first-order valence-corrected chi connectivity index (χ1v) is 6.89. The molecule has 0 aromatic carbocycles. The molecule has 0 bridgehead atoms. The first-order valence-electron chi connectivity index (χ1n) is 6.89. The number of nitrogens with zero attached hydrogens (tertiary/aromatic N) is 1. The van der Waals surface area contributed by atoms with Crippen LogP contribution < -0.4 is 0 Å². The minimum Gasteiger partial charge on any atom is -0.299 e. The highest BCUT2D eigenvalue weighted by molar-refractivity contribution is 5.83. The maximum absolute atomic E-state index is 11.9. The van der Waals surface area contributed by atoms with Gasteiger partial charge >= 0.3 is 0 Å². The standard InChI is InChI=1S/C15H29NO/c1-14(2,3)13(17)8-7-12-9-10-16(11-12)15(4,5)6/h12H,7-11H2,1-6H3. The molecule has 0 amide bonds. The Balaban J connectivity index is 2.35. The van der Waals surface area contributed by atoms with Crippen molar-refractivity contribution in [3.63, 3.8) is 0 Å². The predicted molar refractivity (Wildman–Crippen MR) is 73.1 cm³/mol. The molecular formula is C15H29NO. The van der Waals surface area contributed by atoms with Gasteiger partial charge < -0.3 is 0 Å². The molecular weight excluding hydrogens is 210 g/mol. The normalized spacial score (nSPS) is 23.1. The lowest BCUT2D eigenvalue weighted by atomic mass is 9.86. The van der Waals surface area contributed by atoms with Crippen LogP contribution in [0.5, 0.6) is 0 Å². The Hall–Kier alpha value is -0.370. The lowest BCUT2D eigenvalue weighted by Crippen LogP contribution is -2.39. The average Bonchev–Trinajstić information content (AvgIpc) is 2.59. The molecule has 0 aromatic rings. The van der Waals surface area contributed by atoms with Gasteiger partial charge in [0.1, 0.15) is 5.78 Å². The molecule has 1 aliphatic rings. The number of ketones is 1.